The Morgan fingerprint density at radius 2 is 2.14 bits per heavy atom. The molecule has 1 rings (SSSR count). The van der Waals surface area contributed by atoms with Crippen LogP contribution in [0.1, 0.15) is 26.5 Å². The van der Waals surface area contributed by atoms with Gasteiger partial charge in [0.1, 0.15) is 22.0 Å². The lowest BCUT2D eigenvalue weighted by Crippen LogP contribution is -2.23. The lowest BCUT2D eigenvalue weighted by atomic mass is 10.2. The molecule has 76 valence electrons. The maximum absolute atomic E-state index is 5.64. The molecule has 0 saturated heterocycles. The van der Waals surface area contributed by atoms with Crippen molar-refractivity contribution in [1.29, 1.82) is 0 Å². The lowest BCUT2D eigenvalue weighted by Gasteiger charge is -2.21. The first-order valence-corrected chi connectivity index (χ1v) is 4.74. The molecule has 0 spiro atoms. The average molecular weight is 210 g/mol. The van der Waals surface area contributed by atoms with E-state index in [4.69, 9.17) is 22.7 Å². The SMILES string of the molecule is CC(C)(C)Oc1ccnc(C(N)=S)c1. The molecule has 0 bridgehead atoms. The summed E-state index contributed by atoms with van der Waals surface area (Å²) in [5.74, 6) is 0.732. The van der Waals surface area contributed by atoms with Crippen molar-refractivity contribution in [2.24, 2.45) is 5.73 Å². The second-order valence-electron chi connectivity index (χ2n) is 3.96. The Balaban J connectivity index is 2.89. The topological polar surface area (TPSA) is 48.1 Å². The zero-order valence-corrected chi connectivity index (χ0v) is 9.39. The summed E-state index contributed by atoms with van der Waals surface area (Å²) in [7, 11) is 0. The molecule has 1 aromatic heterocycles. The standard InChI is InChI=1S/C10H14N2OS/c1-10(2,3)13-7-4-5-12-8(6-7)9(11)14/h4-6H,1-3H3,(H2,11,14). The summed E-state index contributed by atoms with van der Waals surface area (Å²) in [5, 5.41) is 0. The Bertz CT molecular complexity index is 344. The van der Waals surface area contributed by atoms with Gasteiger partial charge >= 0.3 is 0 Å². The van der Waals surface area contributed by atoms with Crippen LogP contribution in [0.25, 0.3) is 0 Å². The van der Waals surface area contributed by atoms with E-state index in [0.717, 1.165) is 5.75 Å². The van der Waals surface area contributed by atoms with Gasteiger partial charge in [-0.3, -0.25) is 4.98 Å². The van der Waals surface area contributed by atoms with Crippen molar-refractivity contribution in [1.82, 2.24) is 4.98 Å². The zero-order chi connectivity index (χ0) is 10.8. The third-order valence-corrected chi connectivity index (χ3v) is 1.62. The molecule has 0 unspecified atom stereocenters. The van der Waals surface area contributed by atoms with Crippen LogP contribution in [0, 0.1) is 0 Å². The highest BCUT2D eigenvalue weighted by molar-refractivity contribution is 7.80. The van der Waals surface area contributed by atoms with E-state index in [1.807, 2.05) is 20.8 Å². The first kappa shape index (κ1) is 10.9. The number of nitrogens with zero attached hydrogens (tertiary/aromatic N) is 1. The maximum atomic E-state index is 5.64. The van der Waals surface area contributed by atoms with Crippen LogP contribution in [-0.2, 0) is 0 Å². The van der Waals surface area contributed by atoms with Gasteiger partial charge in [0.05, 0.1) is 0 Å². The first-order valence-electron chi connectivity index (χ1n) is 4.33. The van der Waals surface area contributed by atoms with Gasteiger partial charge in [0.2, 0.25) is 0 Å². The van der Waals surface area contributed by atoms with Gasteiger partial charge in [-0.25, -0.2) is 0 Å². The van der Waals surface area contributed by atoms with Crippen molar-refractivity contribution in [3.05, 3.63) is 24.0 Å². The van der Waals surface area contributed by atoms with Crippen molar-refractivity contribution in [2.45, 2.75) is 26.4 Å². The summed E-state index contributed by atoms with van der Waals surface area (Å²) in [6.45, 7) is 5.94. The average Bonchev–Trinajstić information content (AvgIpc) is 2.01. The molecule has 0 atom stereocenters. The molecule has 2 N–H and O–H groups in total. The Labute approximate surface area is 89.3 Å². The van der Waals surface area contributed by atoms with E-state index in [9.17, 15) is 0 Å². The fourth-order valence-electron chi connectivity index (χ4n) is 0.963. The van der Waals surface area contributed by atoms with Crippen LogP contribution in [0.15, 0.2) is 18.3 Å². The van der Waals surface area contributed by atoms with Gasteiger partial charge in [-0.1, -0.05) is 12.2 Å². The molecular weight excluding hydrogens is 196 g/mol. The van der Waals surface area contributed by atoms with E-state index in [2.05, 4.69) is 4.98 Å². The van der Waals surface area contributed by atoms with Crippen LogP contribution < -0.4 is 10.5 Å². The number of ether oxygens (including phenoxy) is 1. The Hall–Kier alpha value is -1.16. The Morgan fingerprint density at radius 1 is 1.50 bits per heavy atom. The summed E-state index contributed by atoms with van der Waals surface area (Å²) in [6.07, 6.45) is 1.63. The van der Waals surface area contributed by atoms with E-state index >= 15 is 0 Å². The minimum atomic E-state index is -0.227. The molecule has 0 aliphatic heterocycles. The zero-order valence-electron chi connectivity index (χ0n) is 8.57. The molecule has 0 aliphatic rings. The number of hydrogen-bond acceptors (Lipinski definition) is 3. The maximum Gasteiger partial charge on any atom is 0.123 e. The fraction of sp³-hybridized carbons (Fsp3) is 0.400. The molecule has 0 aromatic carbocycles. The van der Waals surface area contributed by atoms with E-state index in [1.165, 1.54) is 0 Å². The second kappa shape index (κ2) is 3.92. The molecular formula is C10H14N2OS. The number of aromatic nitrogens is 1. The van der Waals surface area contributed by atoms with Gasteiger partial charge in [-0.05, 0) is 26.8 Å². The van der Waals surface area contributed by atoms with Crippen LogP contribution >= 0.6 is 12.2 Å². The van der Waals surface area contributed by atoms with E-state index in [-0.39, 0.29) is 10.6 Å². The highest BCUT2D eigenvalue weighted by Gasteiger charge is 2.12. The van der Waals surface area contributed by atoms with Crippen molar-refractivity contribution in [3.8, 4) is 5.75 Å². The highest BCUT2D eigenvalue weighted by Crippen LogP contribution is 2.17. The molecule has 1 heterocycles. The Morgan fingerprint density at radius 3 is 2.64 bits per heavy atom. The van der Waals surface area contributed by atoms with Gasteiger partial charge in [-0.15, -0.1) is 0 Å². The van der Waals surface area contributed by atoms with E-state index in [1.54, 1.807) is 18.3 Å². The van der Waals surface area contributed by atoms with Crippen molar-refractivity contribution in [2.75, 3.05) is 0 Å². The van der Waals surface area contributed by atoms with E-state index < -0.39 is 0 Å². The smallest absolute Gasteiger partial charge is 0.123 e. The second-order valence-corrected chi connectivity index (χ2v) is 4.40. The number of nitrogens with two attached hydrogens (primary N) is 1. The quantitative estimate of drug-likeness (QED) is 0.757. The van der Waals surface area contributed by atoms with Crippen LogP contribution in [0.4, 0.5) is 0 Å². The minimum absolute atomic E-state index is 0.227. The summed E-state index contributed by atoms with van der Waals surface area (Å²) in [5.41, 5.74) is 5.82. The molecule has 0 aliphatic carbocycles. The van der Waals surface area contributed by atoms with Gasteiger partial charge < -0.3 is 10.5 Å². The van der Waals surface area contributed by atoms with Gasteiger partial charge in [-0.2, -0.15) is 0 Å². The normalized spacial score (nSPS) is 11.1. The molecule has 0 saturated carbocycles. The van der Waals surface area contributed by atoms with Crippen LogP contribution in [0.2, 0.25) is 0 Å². The fourth-order valence-corrected chi connectivity index (χ4v) is 1.07. The van der Waals surface area contributed by atoms with Crippen molar-refractivity contribution in [3.63, 3.8) is 0 Å². The molecule has 0 fully saturated rings. The summed E-state index contributed by atoms with van der Waals surface area (Å²) < 4.78 is 5.64. The van der Waals surface area contributed by atoms with Crippen LogP contribution in [0.5, 0.6) is 5.75 Å². The number of pyridine rings is 1. The molecule has 3 nitrogen and oxygen atoms in total. The van der Waals surface area contributed by atoms with Gasteiger partial charge in [0, 0.05) is 12.3 Å². The minimum Gasteiger partial charge on any atom is -0.488 e. The Kier molecular flexibility index (Phi) is 3.06. The van der Waals surface area contributed by atoms with Crippen molar-refractivity contribution < 1.29 is 4.74 Å². The molecule has 1 aromatic rings. The summed E-state index contributed by atoms with van der Waals surface area (Å²) in [6, 6.07) is 3.53. The van der Waals surface area contributed by atoms with Gasteiger partial charge in [0.15, 0.2) is 0 Å². The predicted molar refractivity (Wildman–Crippen MR) is 60.5 cm³/mol. The monoisotopic (exact) mass is 210 g/mol. The van der Waals surface area contributed by atoms with Crippen molar-refractivity contribution >= 4 is 17.2 Å². The number of hydrogen-bond donors (Lipinski definition) is 1. The van der Waals surface area contributed by atoms with Gasteiger partial charge in [0.25, 0.3) is 0 Å². The largest absolute Gasteiger partial charge is 0.488 e. The number of thiocarbonyl (C=S) groups is 1. The lowest BCUT2D eigenvalue weighted by molar-refractivity contribution is 0.131. The molecule has 14 heavy (non-hydrogen) atoms. The summed E-state index contributed by atoms with van der Waals surface area (Å²) >= 11 is 4.82. The molecule has 0 radical (unpaired) electrons. The van der Waals surface area contributed by atoms with Crippen LogP contribution in [0.3, 0.4) is 0 Å². The first-order chi connectivity index (χ1) is 6.38. The highest BCUT2D eigenvalue weighted by atomic mass is 32.1. The predicted octanol–water partition coefficient (Wildman–Crippen LogP) is 1.89. The summed E-state index contributed by atoms with van der Waals surface area (Å²) in [4.78, 5) is 4.30. The third kappa shape index (κ3) is 3.30. The van der Waals surface area contributed by atoms with E-state index in [0.29, 0.717) is 5.69 Å². The third-order valence-electron chi connectivity index (χ3n) is 1.41. The number of rotatable bonds is 2. The molecule has 0 amide bonds. The van der Waals surface area contributed by atoms with Crippen LogP contribution in [-0.4, -0.2) is 15.6 Å². The molecule has 4 heteroatoms.